The lowest BCUT2D eigenvalue weighted by Gasteiger charge is -2.20. The molecular weight excluding hydrogens is 330 g/mol. The molecule has 140 valence electrons. The lowest BCUT2D eigenvalue weighted by molar-refractivity contribution is 0.256. The van der Waals surface area contributed by atoms with Crippen molar-refractivity contribution in [2.75, 3.05) is 13.1 Å². The average Bonchev–Trinajstić information content (AvgIpc) is 3.13. The standard InChI is InChI=1S/C19H33N5S/c1-6-20-18(21-10-17-23-16(12-25-17)19(3,4)5)22-14-9-13(2)24(11-14)15-7-8-15/h12-15H,6-11H2,1-5H3,(H2,20,21,22). The van der Waals surface area contributed by atoms with Gasteiger partial charge in [-0.05, 0) is 33.1 Å². The summed E-state index contributed by atoms with van der Waals surface area (Å²) in [5.41, 5.74) is 1.26. The molecule has 1 aromatic rings. The normalized spacial score (nSPS) is 25.4. The molecule has 5 nitrogen and oxygen atoms in total. The third kappa shape index (κ3) is 4.94. The monoisotopic (exact) mass is 363 g/mol. The van der Waals surface area contributed by atoms with E-state index >= 15 is 0 Å². The second-order valence-electron chi connectivity index (χ2n) is 8.43. The van der Waals surface area contributed by atoms with Gasteiger partial charge >= 0.3 is 0 Å². The summed E-state index contributed by atoms with van der Waals surface area (Å²) in [5, 5.41) is 10.3. The Kier molecular flexibility index (Phi) is 5.68. The van der Waals surface area contributed by atoms with E-state index in [0.717, 1.165) is 35.8 Å². The molecule has 2 unspecified atom stereocenters. The number of hydrogen-bond acceptors (Lipinski definition) is 4. The Labute approximate surface area is 156 Å². The maximum Gasteiger partial charge on any atom is 0.191 e. The zero-order chi connectivity index (χ0) is 18.0. The molecule has 0 spiro atoms. The predicted molar refractivity (Wildman–Crippen MR) is 106 cm³/mol. The maximum atomic E-state index is 4.78. The van der Waals surface area contributed by atoms with Crippen LogP contribution in [0.15, 0.2) is 10.4 Å². The molecule has 2 heterocycles. The van der Waals surface area contributed by atoms with Crippen molar-refractivity contribution in [3.8, 4) is 0 Å². The second kappa shape index (κ2) is 7.62. The van der Waals surface area contributed by atoms with Crippen molar-refractivity contribution in [1.82, 2.24) is 20.5 Å². The van der Waals surface area contributed by atoms with E-state index < -0.39 is 0 Å². The number of likely N-dealkylation sites (tertiary alicyclic amines) is 1. The van der Waals surface area contributed by atoms with Crippen LogP contribution in [0.2, 0.25) is 0 Å². The fourth-order valence-corrected chi connectivity index (χ4v) is 4.41. The summed E-state index contributed by atoms with van der Waals surface area (Å²) >= 11 is 1.71. The minimum atomic E-state index is 0.105. The molecule has 2 atom stereocenters. The molecule has 1 saturated carbocycles. The van der Waals surface area contributed by atoms with Gasteiger partial charge in [0.1, 0.15) is 5.01 Å². The van der Waals surface area contributed by atoms with E-state index in [4.69, 9.17) is 9.98 Å². The van der Waals surface area contributed by atoms with Crippen LogP contribution >= 0.6 is 11.3 Å². The van der Waals surface area contributed by atoms with Crippen molar-refractivity contribution in [2.24, 2.45) is 4.99 Å². The van der Waals surface area contributed by atoms with Gasteiger partial charge < -0.3 is 10.6 Å². The van der Waals surface area contributed by atoms with E-state index in [-0.39, 0.29) is 5.41 Å². The lowest BCUT2D eigenvalue weighted by Crippen LogP contribution is -2.44. The van der Waals surface area contributed by atoms with Gasteiger partial charge in [-0.15, -0.1) is 11.3 Å². The number of nitrogens with zero attached hydrogens (tertiary/aromatic N) is 3. The molecule has 0 bridgehead atoms. The van der Waals surface area contributed by atoms with Crippen LogP contribution in [0.3, 0.4) is 0 Å². The molecule has 1 aliphatic heterocycles. The molecule has 1 saturated heterocycles. The molecule has 0 aromatic carbocycles. The summed E-state index contributed by atoms with van der Waals surface area (Å²) in [6.45, 7) is 13.7. The first-order chi connectivity index (χ1) is 11.9. The quantitative estimate of drug-likeness (QED) is 0.623. The Bertz CT molecular complexity index is 599. The fourth-order valence-electron chi connectivity index (χ4n) is 3.46. The van der Waals surface area contributed by atoms with Crippen molar-refractivity contribution in [2.45, 2.75) is 84.0 Å². The number of guanidine groups is 1. The summed E-state index contributed by atoms with van der Waals surface area (Å²) in [7, 11) is 0. The van der Waals surface area contributed by atoms with Gasteiger partial charge in [-0.3, -0.25) is 4.90 Å². The molecule has 25 heavy (non-hydrogen) atoms. The number of hydrogen-bond donors (Lipinski definition) is 2. The van der Waals surface area contributed by atoms with Gasteiger partial charge in [-0.2, -0.15) is 0 Å². The Balaban J connectivity index is 1.58. The Morgan fingerprint density at radius 2 is 2.16 bits per heavy atom. The minimum absolute atomic E-state index is 0.105. The van der Waals surface area contributed by atoms with Crippen LogP contribution in [0.5, 0.6) is 0 Å². The topological polar surface area (TPSA) is 52.6 Å². The van der Waals surface area contributed by atoms with Crippen LogP contribution < -0.4 is 10.6 Å². The van der Waals surface area contributed by atoms with Crippen LogP contribution in [-0.4, -0.2) is 47.1 Å². The van der Waals surface area contributed by atoms with Gasteiger partial charge in [0.25, 0.3) is 0 Å². The van der Waals surface area contributed by atoms with Crippen molar-refractivity contribution >= 4 is 17.3 Å². The summed E-state index contributed by atoms with van der Waals surface area (Å²) in [4.78, 5) is 12.2. The minimum Gasteiger partial charge on any atom is -0.357 e. The molecule has 2 N–H and O–H groups in total. The second-order valence-corrected chi connectivity index (χ2v) is 9.37. The SMILES string of the molecule is CCNC(=NCc1nc(C(C)(C)C)cs1)NC1CC(C)N(C2CC2)C1. The van der Waals surface area contributed by atoms with Crippen molar-refractivity contribution < 1.29 is 0 Å². The molecule has 1 aromatic heterocycles. The smallest absolute Gasteiger partial charge is 0.191 e. The summed E-state index contributed by atoms with van der Waals surface area (Å²) in [6, 6.07) is 2.02. The zero-order valence-electron chi connectivity index (χ0n) is 16.3. The van der Waals surface area contributed by atoms with Crippen molar-refractivity contribution in [3.05, 3.63) is 16.1 Å². The van der Waals surface area contributed by atoms with E-state index in [1.165, 1.54) is 19.3 Å². The molecule has 0 radical (unpaired) electrons. The zero-order valence-corrected chi connectivity index (χ0v) is 17.1. The van der Waals surface area contributed by atoms with Gasteiger partial charge in [0.15, 0.2) is 5.96 Å². The van der Waals surface area contributed by atoms with Gasteiger partial charge in [0, 0.05) is 42.0 Å². The Morgan fingerprint density at radius 1 is 1.40 bits per heavy atom. The first kappa shape index (κ1) is 18.6. The molecule has 0 amide bonds. The number of thiazole rings is 1. The van der Waals surface area contributed by atoms with E-state index in [2.05, 4.69) is 55.5 Å². The molecular formula is C19H33N5S. The van der Waals surface area contributed by atoms with Gasteiger partial charge in [0.05, 0.1) is 12.2 Å². The highest BCUT2D eigenvalue weighted by Crippen LogP contribution is 2.33. The predicted octanol–water partition coefficient (Wildman–Crippen LogP) is 3.12. The first-order valence-corrected chi connectivity index (χ1v) is 10.5. The van der Waals surface area contributed by atoms with Crippen LogP contribution in [0, 0.1) is 0 Å². The van der Waals surface area contributed by atoms with Gasteiger partial charge in [-0.25, -0.2) is 9.98 Å². The fraction of sp³-hybridized carbons (Fsp3) is 0.789. The molecule has 2 aliphatic rings. The number of aromatic nitrogens is 1. The Hall–Kier alpha value is -1.14. The van der Waals surface area contributed by atoms with Crippen LogP contribution in [0.1, 0.15) is 64.6 Å². The average molecular weight is 364 g/mol. The summed E-state index contributed by atoms with van der Waals surface area (Å²) in [6.07, 6.45) is 3.96. The van der Waals surface area contributed by atoms with Gasteiger partial charge in [-0.1, -0.05) is 20.8 Å². The first-order valence-electron chi connectivity index (χ1n) is 9.62. The number of aliphatic imine (C=N–C) groups is 1. The molecule has 2 fully saturated rings. The van der Waals surface area contributed by atoms with Crippen molar-refractivity contribution in [3.63, 3.8) is 0 Å². The van der Waals surface area contributed by atoms with E-state index in [1.54, 1.807) is 11.3 Å². The van der Waals surface area contributed by atoms with Crippen LogP contribution in [0.4, 0.5) is 0 Å². The van der Waals surface area contributed by atoms with E-state index in [0.29, 0.717) is 18.6 Å². The van der Waals surface area contributed by atoms with Crippen LogP contribution in [0.25, 0.3) is 0 Å². The highest BCUT2D eigenvalue weighted by molar-refractivity contribution is 7.09. The third-order valence-corrected chi connectivity index (χ3v) is 5.85. The highest BCUT2D eigenvalue weighted by atomic mass is 32.1. The van der Waals surface area contributed by atoms with E-state index in [9.17, 15) is 0 Å². The molecule has 3 rings (SSSR count). The summed E-state index contributed by atoms with van der Waals surface area (Å²) < 4.78 is 0. The number of rotatable bonds is 5. The van der Waals surface area contributed by atoms with Crippen molar-refractivity contribution in [1.29, 1.82) is 0 Å². The van der Waals surface area contributed by atoms with Gasteiger partial charge in [0.2, 0.25) is 0 Å². The lowest BCUT2D eigenvalue weighted by atomic mass is 9.93. The molecule has 1 aliphatic carbocycles. The maximum absolute atomic E-state index is 4.78. The Morgan fingerprint density at radius 3 is 2.76 bits per heavy atom. The largest absolute Gasteiger partial charge is 0.357 e. The van der Waals surface area contributed by atoms with Crippen LogP contribution in [-0.2, 0) is 12.0 Å². The number of nitrogens with one attached hydrogen (secondary N) is 2. The summed E-state index contributed by atoms with van der Waals surface area (Å²) in [5.74, 6) is 0.921. The highest BCUT2D eigenvalue weighted by Gasteiger charge is 2.38. The molecule has 6 heteroatoms. The van der Waals surface area contributed by atoms with E-state index in [1.807, 2.05) is 0 Å². The third-order valence-electron chi connectivity index (χ3n) is 5.02.